The molecule has 0 aromatic heterocycles. The maximum Gasteiger partial charge on any atom is 0.304 e. The average Bonchev–Trinajstić information content (AvgIpc) is 3.81. The molecule has 6 nitrogen and oxygen atoms in total. The zero-order chi connectivity index (χ0) is 28.4. The molecule has 1 atom stereocenters. The third-order valence-corrected chi connectivity index (χ3v) is 10.2. The minimum Gasteiger partial charge on any atom is -0.493 e. The Morgan fingerprint density at radius 3 is 2.46 bits per heavy atom. The molecule has 1 fully saturated rings. The summed E-state index contributed by atoms with van der Waals surface area (Å²) >= 11 is 0. The molecule has 3 aromatic rings. The summed E-state index contributed by atoms with van der Waals surface area (Å²) in [5, 5.41) is 9.36. The molecular weight excluding hydrogens is 536 g/mol. The fraction of sp³-hybridized carbons (Fsp3) is 0.382. The van der Waals surface area contributed by atoms with Crippen molar-refractivity contribution in [3.8, 4) is 22.6 Å². The largest absolute Gasteiger partial charge is 0.493 e. The van der Waals surface area contributed by atoms with Gasteiger partial charge in [-0.3, -0.25) is 4.79 Å². The van der Waals surface area contributed by atoms with Crippen LogP contribution >= 0.6 is 0 Å². The van der Waals surface area contributed by atoms with E-state index in [-0.39, 0.29) is 29.8 Å². The summed E-state index contributed by atoms with van der Waals surface area (Å²) < 4.78 is 35.8. The summed E-state index contributed by atoms with van der Waals surface area (Å²) in [5.41, 5.74) is 8.33. The summed E-state index contributed by atoms with van der Waals surface area (Å²) in [6.07, 6.45) is 7.50. The molecule has 1 heterocycles. The minimum absolute atomic E-state index is 0.0901. The van der Waals surface area contributed by atoms with Crippen LogP contribution in [0, 0.1) is 5.92 Å². The Morgan fingerprint density at radius 2 is 1.68 bits per heavy atom. The SMILES string of the molecule is O=C(O)C[C@H](C1=CC1)c1cccc(OCc2ccc3c(c2)-c2ccc(OCC4CCS(=O)(=O)CC4)cc2CCC3)c1. The fourth-order valence-electron chi connectivity index (χ4n) is 6.07. The van der Waals surface area contributed by atoms with Gasteiger partial charge in [0.15, 0.2) is 0 Å². The first-order valence-corrected chi connectivity index (χ1v) is 16.4. The van der Waals surface area contributed by atoms with E-state index >= 15 is 0 Å². The Kier molecular flexibility index (Phi) is 7.89. The van der Waals surface area contributed by atoms with E-state index in [1.165, 1.54) is 27.8 Å². The molecule has 0 bridgehead atoms. The number of sulfone groups is 1. The quantitative estimate of drug-likeness (QED) is 0.279. The first-order chi connectivity index (χ1) is 19.8. The molecule has 1 aliphatic heterocycles. The highest BCUT2D eigenvalue weighted by Gasteiger charge is 2.26. The van der Waals surface area contributed by atoms with Crippen molar-refractivity contribution < 1.29 is 27.8 Å². The van der Waals surface area contributed by atoms with E-state index in [1.54, 1.807) is 0 Å². The van der Waals surface area contributed by atoms with Crippen molar-refractivity contribution in [3.05, 3.63) is 94.6 Å². The normalized spacial score (nSPS) is 18.3. The van der Waals surface area contributed by atoms with E-state index in [4.69, 9.17) is 9.47 Å². The summed E-state index contributed by atoms with van der Waals surface area (Å²) in [6, 6.07) is 20.7. The minimum atomic E-state index is -2.86. The molecule has 214 valence electrons. The zero-order valence-electron chi connectivity index (χ0n) is 23.2. The standard InChI is InChI=1S/C34H36O6S/c35-34(36)20-32(26-9-10-26)28-5-2-6-29(19-28)40-22-24-7-8-25-3-1-4-27-18-30(11-12-31(27)33(25)17-24)39-21-23-13-15-41(37,38)16-14-23/h2,5-9,11-12,17-19,23,32H,1,3-4,10,13-16,20-22H2,(H,35,36)/t32-/m1/s1. The summed E-state index contributed by atoms with van der Waals surface area (Å²) in [5.74, 6) is 1.53. The number of ether oxygens (including phenoxy) is 2. The van der Waals surface area contributed by atoms with Crippen molar-refractivity contribution in [3.63, 3.8) is 0 Å². The third kappa shape index (κ3) is 6.84. The van der Waals surface area contributed by atoms with Gasteiger partial charge in [0.25, 0.3) is 0 Å². The van der Waals surface area contributed by atoms with Crippen LogP contribution in [0.4, 0.5) is 0 Å². The molecule has 0 unspecified atom stereocenters. The number of rotatable bonds is 10. The maximum atomic E-state index is 11.7. The topological polar surface area (TPSA) is 89.9 Å². The number of aliphatic carboxylic acids is 1. The summed E-state index contributed by atoms with van der Waals surface area (Å²) in [4.78, 5) is 11.4. The Balaban J connectivity index is 1.14. The van der Waals surface area contributed by atoms with Crippen molar-refractivity contribution in [2.45, 2.75) is 57.5 Å². The van der Waals surface area contributed by atoms with Crippen LogP contribution in [0.2, 0.25) is 0 Å². The molecule has 3 aliphatic rings. The molecule has 1 saturated heterocycles. The molecule has 0 amide bonds. The van der Waals surface area contributed by atoms with Gasteiger partial charge in [-0.25, -0.2) is 8.42 Å². The van der Waals surface area contributed by atoms with Crippen LogP contribution in [-0.2, 0) is 34.1 Å². The molecule has 0 spiro atoms. The van der Waals surface area contributed by atoms with Gasteiger partial charge in [0.2, 0.25) is 0 Å². The highest BCUT2D eigenvalue weighted by Crippen LogP contribution is 2.39. The predicted molar refractivity (Wildman–Crippen MR) is 159 cm³/mol. The second-order valence-corrected chi connectivity index (χ2v) is 13.9. The van der Waals surface area contributed by atoms with E-state index in [0.717, 1.165) is 48.3 Å². The highest BCUT2D eigenvalue weighted by molar-refractivity contribution is 7.91. The average molecular weight is 573 g/mol. The van der Waals surface area contributed by atoms with Crippen molar-refractivity contribution in [2.24, 2.45) is 5.92 Å². The van der Waals surface area contributed by atoms with Crippen molar-refractivity contribution >= 4 is 15.8 Å². The lowest BCUT2D eigenvalue weighted by molar-refractivity contribution is -0.137. The number of carbonyl (C=O) groups is 1. The lowest BCUT2D eigenvalue weighted by Crippen LogP contribution is -2.26. The Hall–Kier alpha value is -3.58. The van der Waals surface area contributed by atoms with E-state index in [0.29, 0.717) is 26.1 Å². The maximum absolute atomic E-state index is 11.7. The van der Waals surface area contributed by atoms with Crippen molar-refractivity contribution in [1.29, 1.82) is 0 Å². The van der Waals surface area contributed by atoms with Gasteiger partial charge >= 0.3 is 5.97 Å². The van der Waals surface area contributed by atoms with E-state index in [2.05, 4.69) is 36.4 Å². The van der Waals surface area contributed by atoms with Crippen LogP contribution in [0.15, 0.2) is 72.3 Å². The summed E-state index contributed by atoms with van der Waals surface area (Å²) in [7, 11) is -2.86. The van der Waals surface area contributed by atoms with Gasteiger partial charge in [-0.05, 0) is 108 Å². The lowest BCUT2D eigenvalue weighted by Gasteiger charge is -2.22. The number of hydrogen-bond acceptors (Lipinski definition) is 5. The van der Waals surface area contributed by atoms with Gasteiger partial charge in [-0.15, -0.1) is 0 Å². The van der Waals surface area contributed by atoms with Crippen LogP contribution in [0.3, 0.4) is 0 Å². The Bertz CT molecular complexity index is 1570. The predicted octanol–water partition coefficient (Wildman–Crippen LogP) is 6.51. The highest BCUT2D eigenvalue weighted by atomic mass is 32.2. The Labute approximate surface area is 241 Å². The number of allylic oxidation sites excluding steroid dienone is 2. The fourth-order valence-corrected chi connectivity index (χ4v) is 7.66. The van der Waals surface area contributed by atoms with Gasteiger partial charge in [-0.2, -0.15) is 0 Å². The molecule has 0 radical (unpaired) electrons. The number of benzene rings is 3. The van der Waals surface area contributed by atoms with Gasteiger partial charge in [0, 0.05) is 5.92 Å². The van der Waals surface area contributed by atoms with E-state index < -0.39 is 15.8 Å². The van der Waals surface area contributed by atoms with Crippen LogP contribution in [-0.4, -0.2) is 37.6 Å². The molecule has 2 aliphatic carbocycles. The van der Waals surface area contributed by atoms with E-state index in [1.807, 2.05) is 30.3 Å². The lowest BCUT2D eigenvalue weighted by atomic mass is 9.93. The van der Waals surface area contributed by atoms with Crippen LogP contribution in [0.1, 0.15) is 60.3 Å². The molecule has 7 heteroatoms. The molecular formula is C34H36O6S. The third-order valence-electron chi connectivity index (χ3n) is 8.53. The van der Waals surface area contributed by atoms with Gasteiger partial charge < -0.3 is 14.6 Å². The van der Waals surface area contributed by atoms with Crippen LogP contribution < -0.4 is 9.47 Å². The van der Waals surface area contributed by atoms with Gasteiger partial charge in [0.05, 0.1) is 24.5 Å². The van der Waals surface area contributed by atoms with Gasteiger partial charge in [-0.1, -0.05) is 42.0 Å². The number of carboxylic acid groups (broad SMARTS) is 1. The molecule has 1 N–H and O–H groups in total. The first-order valence-electron chi connectivity index (χ1n) is 14.5. The molecule has 41 heavy (non-hydrogen) atoms. The first kappa shape index (κ1) is 27.6. The molecule has 0 saturated carbocycles. The van der Waals surface area contributed by atoms with Crippen LogP contribution in [0.25, 0.3) is 11.1 Å². The Morgan fingerprint density at radius 1 is 0.902 bits per heavy atom. The second kappa shape index (κ2) is 11.7. The van der Waals surface area contributed by atoms with E-state index in [9.17, 15) is 18.3 Å². The van der Waals surface area contributed by atoms with Crippen molar-refractivity contribution in [2.75, 3.05) is 18.1 Å². The second-order valence-electron chi connectivity index (χ2n) is 11.6. The zero-order valence-corrected chi connectivity index (χ0v) is 24.0. The smallest absolute Gasteiger partial charge is 0.304 e. The van der Waals surface area contributed by atoms with Gasteiger partial charge in [0.1, 0.15) is 27.9 Å². The van der Waals surface area contributed by atoms with Crippen molar-refractivity contribution in [1.82, 2.24) is 0 Å². The molecule has 6 rings (SSSR count). The monoisotopic (exact) mass is 572 g/mol. The summed E-state index contributed by atoms with van der Waals surface area (Å²) in [6.45, 7) is 0.985. The number of fused-ring (bicyclic) bond motifs is 3. The number of aryl methyl sites for hydroxylation is 2. The molecule has 3 aromatic carbocycles. The number of hydrogen-bond donors (Lipinski definition) is 1. The van der Waals surface area contributed by atoms with Crippen LogP contribution in [0.5, 0.6) is 11.5 Å². The number of carboxylic acids is 1.